The second-order valence-corrected chi connectivity index (χ2v) is 8.15. The lowest BCUT2D eigenvalue weighted by Crippen LogP contribution is -2.29. The Morgan fingerprint density at radius 3 is 2.80 bits per heavy atom. The van der Waals surface area contributed by atoms with Crippen molar-refractivity contribution in [1.82, 2.24) is 0 Å². The molecule has 2 rings (SSSR count). The zero-order valence-corrected chi connectivity index (χ0v) is 13.9. The van der Waals surface area contributed by atoms with Crippen LogP contribution >= 0.6 is 11.8 Å². The van der Waals surface area contributed by atoms with Gasteiger partial charge in [-0.2, -0.15) is 11.8 Å². The van der Waals surface area contributed by atoms with Gasteiger partial charge in [0.1, 0.15) is 0 Å². The van der Waals surface area contributed by atoms with Gasteiger partial charge in [0.05, 0.1) is 0 Å². The molecule has 0 saturated carbocycles. The van der Waals surface area contributed by atoms with Gasteiger partial charge in [-0.05, 0) is 30.9 Å². The maximum absolute atomic E-state index is 6.15. The van der Waals surface area contributed by atoms with Crippen LogP contribution in [0.25, 0.3) is 0 Å². The molecule has 0 amide bonds. The lowest BCUT2D eigenvalue weighted by Gasteiger charge is -2.27. The first-order valence-electron chi connectivity index (χ1n) is 7.74. The van der Waals surface area contributed by atoms with E-state index in [2.05, 4.69) is 61.7 Å². The Balaban J connectivity index is 2.15. The highest BCUT2D eigenvalue weighted by Gasteiger charge is 2.24. The smallest absolute Gasteiger partial charge is 0.0399 e. The number of thioether (sulfide) groups is 1. The highest BCUT2D eigenvalue weighted by Crippen LogP contribution is 2.33. The molecule has 0 aliphatic carbocycles. The number of hydrogen-bond donors (Lipinski definition) is 1. The Bertz CT molecular complexity index is 431. The molecule has 1 aliphatic heterocycles. The van der Waals surface area contributed by atoms with Crippen molar-refractivity contribution in [2.45, 2.75) is 50.8 Å². The molecule has 3 heteroatoms. The lowest BCUT2D eigenvalue weighted by atomic mass is 10.0. The SMILES string of the molecule is CCC(N)Cc1ccccc1N1CCSC(C)(C)CC1. The summed E-state index contributed by atoms with van der Waals surface area (Å²) in [7, 11) is 0. The summed E-state index contributed by atoms with van der Waals surface area (Å²) in [4.78, 5) is 2.56. The van der Waals surface area contributed by atoms with Crippen molar-refractivity contribution in [1.29, 1.82) is 0 Å². The minimum Gasteiger partial charge on any atom is -0.370 e. The fourth-order valence-corrected chi connectivity index (χ4v) is 3.78. The van der Waals surface area contributed by atoms with Crippen LogP contribution in [0, 0.1) is 0 Å². The third-order valence-electron chi connectivity index (χ3n) is 4.18. The van der Waals surface area contributed by atoms with Gasteiger partial charge in [0.2, 0.25) is 0 Å². The number of hydrogen-bond acceptors (Lipinski definition) is 3. The van der Waals surface area contributed by atoms with E-state index in [1.54, 1.807) is 0 Å². The van der Waals surface area contributed by atoms with Crippen molar-refractivity contribution in [3.05, 3.63) is 29.8 Å². The Morgan fingerprint density at radius 1 is 1.30 bits per heavy atom. The number of anilines is 1. The van der Waals surface area contributed by atoms with Gasteiger partial charge in [-0.15, -0.1) is 0 Å². The molecular formula is C17H28N2S. The minimum atomic E-state index is 0.272. The molecule has 1 fully saturated rings. The zero-order chi connectivity index (χ0) is 14.6. The quantitative estimate of drug-likeness (QED) is 0.917. The number of benzene rings is 1. The summed E-state index contributed by atoms with van der Waals surface area (Å²) in [5.74, 6) is 1.21. The predicted octanol–water partition coefficient (Wildman–Crippen LogP) is 3.69. The van der Waals surface area contributed by atoms with Crippen LogP contribution in [0.3, 0.4) is 0 Å². The molecule has 0 spiro atoms. The van der Waals surface area contributed by atoms with Gasteiger partial charge in [-0.3, -0.25) is 0 Å². The molecule has 1 atom stereocenters. The summed E-state index contributed by atoms with van der Waals surface area (Å²) in [6.07, 6.45) is 3.27. The molecule has 1 heterocycles. The Labute approximate surface area is 128 Å². The van der Waals surface area contributed by atoms with Crippen molar-refractivity contribution >= 4 is 17.4 Å². The van der Waals surface area contributed by atoms with Crippen molar-refractivity contribution in [3.8, 4) is 0 Å². The molecule has 1 aromatic rings. The standard InChI is InChI=1S/C17H28N2S/c1-4-15(18)13-14-7-5-6-8-16(14)19-10-9-17(2,3)20-12-11-19/h5-8,15H,4,9-13,18H2,1-3H3. The van der Waals surface area contributed by atoms with Gasteiger partial charge in [0.25, 0.3) is 0 Å². The average molecular weight is 292 g/mol. The van der Waals surface area contributed by atoms with E-state index < -0.39 is 0 Å². The second kappa shape index (κ2) is 6.86. The maximum atomic E-state index is 6.15. The molecule has 0 aromatic heterocycles. The summed E-state index contributed by atoms with van der Waals surface area (Å²) in [6, 6.07) is 9.07. The van der Waals surface area contributed by atoms with Crippen LogP contribution in [-0.2, 0) is 6.42 Å². The first-order chi connectivity index (χ1) is 9.52. The van der Waals surface area contributed by atoms with Crippen molar-refractivity contribution in [2.24, 2.45) is 5.73 Å². The van der Waals surface area contributed by atoms with Gasteiger partial charge in [-0.25, -0.2) is 0 Å². The van der Waals surface area contributed by atoms with Gasteiger partial charge in [0.15, 0.2) is 0 Å². The van der Waals surface area contributed by atoms with Crippen LogP contribution in [0.2, 0.25) is 0 Å². The van der Waals surface area contributed by atoms with E-state index in [0.717, 1.165) is 25.9 Å². The van der Waals surface area contributed by atoms with Crippen LogP contribution in [0.15, 0.2) is 24.3 Å². The van der Waals surface area contributed by atoms with E-state index in [0.29, 0.717) is 4.75 Å². The summed E-state index contributed by atoms with van der Waals surface area (Å²) in [6.45, 7) is 9.18. The molecule has 1 saturated heterocycles. The molecule has 1 aromatic carbocycles. The fourth-order valence-electron chi connectivity index (χ4n) is 2.68. The van der Waals surface area contributed by atoms with Crippen LogP contribution in [0.4, 0.5) is 5.69 Å². The summed E-state index contributed by atoms with van der Waals surface area (Å²) in [5, 5.41) is 0. The third kappa shape index (κ3) is 4.16. The number of rotatable bonds is 4. The van der Waals surface area contributed by atoms with Gasteiger partial charge < -0.3 is 10.6 Å². The average Bonchev–Trinajstić information content (AvgIpc) is 2.60. The Kier molecular flexibility index (Phi) is 5.39. The zero-order valence-electron chi connectivity index (χ0n) is 13.1. The van der Waals surface area contributed by atoms with E-state index >= 15 is 0 Å². The van der Waals surface area contributed by atoms with Gasteiger partial charge in [0, 0.05) is 35.3 Å². The van der Waals surface area contributed by atoms with Crippen LogP contribution in [-0.4, -0.2) is 29.6 Å². The largest absolute Gasteiger partial charge is 0.370 e. The van der Waals surface area contributed by atoms with E-state index in [-0.39, 0.29) is 6.04 Å². The Hall–Kier alpha value is -0.670. The maximum Gasteiger partial charge on any atom is 0.0399 e. The molecule has 2 N–H and O–H groups in total. The highest BCUT2D eigenvalue weighted by molar-refractivity contribution is 8.00. The minimum absolute atomic E-state index is 0.272. The van der Waals surface area contributed by atoms with Crippen LogP contribution in [0.1, 0.15) is 39.2 Å². The van der Waals surface area contributed by atoms with Crippen molar-refractivity contribution in [3.63, 3.8) is 0 Å². The first-order valence-corrected chi connectivity index (χ1v) is 8.73. The van der Waals surface area contributed by atoms with E-state index in [1.807, 2.05) is 0 Å². The molecule has 20 heavy (non-hydrogen) atoms. The lowest BCUT2D eigenvalue weighted by molar-refractivity contribution is 0.628. The highest BCUT2D eigenvalue weighted by atomic mass is 32.2. The van der Waals surface area contributed by atoms with Crippen molar-refractivity contribution in [2.75, 3.05) is 23.7 Å². The van der Waals surface area contributed by atoms with E-state index in [1.165, 1.54) is 23.4 Å². The first kappa shape index (κ1) is 15.7. The number of nitrogens with zero attached hydrogens (tertiary/aromatic N) is 1. The van der Waals surface area contributed by atoms with Crippen molar-refractivity contribution < 1.29 is 0 Å². The third-order valence-corrected chi connectivity index (χ3v) is 5.55. The van der Waals surface area contributed by atoms with E-state index in [4.69, 9.17) is 5.73 Å². The summed E-state index contributed by atoms with van der Waals surface area (Å²) < 4.78 is 0.406. The second-order valence-electron chi connectivity index (χ2n) is 6.35. The van der Waals surface area contributed by atoms with Gasteiger partial charge >= 0.3 is 0 Å². The number of nitrogens with two attached hydrogens (primary N) is 1. The summed E-state index contributed by atoms with van der Waals surface area (Å²) in [5.41, 5.74) is 8.96. The van der Waals surface area contributed by atoms with E-state index in [9.17, 15) is 0 Å². The normalized spacial score (nSPS) is 20.5. The van der Waals surface area contributed by atoms with Crippen LogP contribution in [0.5, 0.6) is 0 Å². The molecular weight excluding hydrogens is 264 g/mol. The fraction of sp³-hybridized carbons (Fsp3) is 0.647. The molecule has 0 bridgehead atoms. The molecule has 0 radical (unpaired) electrons. The molecule has 112 valence electrons. The Morgan fingerprint density at radius 2 is 2.05 bits per heavy atom. The predicted molar refractivity (Wildman–Crippen MR) is 91.8 cm³/mol. The molecule has 1 aliphatic rings. The molecule has 1 unspecified atom stereocenters. The molecule has 2 nitrogen and oxygen atoms in total. The summed E-state index contributed by atoms with van der Waals surface area (Å²) >= 11 is 2.10. The number of para-hydroxylation sites is 1. The monoisotopic (exact) mass is 292 g/mol. The topological polar surface area (TPSA) is 29.3 Å². The van der Waals surface area contributed by atoms with Gasteiger partial charge in [-0.1, -0.05) is 39.0 Å². The van der Waals surface area contributed by atoms with Crippen LogP contribution < -0.4 is 10.6 Å².